The fraction of sp³-hybridized carbons (Fsp3) is 0.400. The molecule has 2 aromatic carbocycles. The van der Waals surface area contributed by atoms with Gasteiger partial charge in [0.05, 0.1) is 9.37 Å². The minimum absolute atomic E-state index is 0. The Morgan fingerprint density at radius 3 is 2.45 bits per heavy atom. The van der Waals surface area contributed by atoms with E-state index in [1.165, 1.54) is 0 Å². The number of ether oxygens (including phenoxy) is 1. The summed E-state index contributed by atoms with van der Waals surface area (Å²) in [5.74, 6) is -0.0844. The van der Waals surface area contributed by atoms with Crippen LogP contribution in [0.5, 0.6) is 5.75 Å². The number of nitrogens with one attached hydrogen (secondary N) is 1. The van der Waals surface area contributed by atoms with Crippen molar-refractivity contribution in [3.05, 3.63) is 52.5 Å². The number of hydrogen-bond acceptors (Lipinski definition) is 4. The highest BCUT2D eigenvalue weighted by Gasteiger charge is 2.32. The Morgan fingerprint density at radius 1 is 1.19 bits per heavy atom. The predicted octanol–water partition coefficient (Wildman–Crippen LogP) is 5.77. The predicted molar refractivity (Wildman–Crippen MR) is 119 cm³/mol. The molecule has 11 heteroatoms. The number of alkyl halides is 3. The van der Waals surface area contributed by atoms with E-state index in [1.807, 2.05) is 12.1 Å². The van der Waals surface area contributed by atoms with Crippen molar-refractivity contribution in [2.75, 3.05) is 24.4 Å². The van der Waals surface area contributed by atoms with Gasteiger partial charge in [0.25, 0.3) is 10.0 Å². The number of sulfonamides is 1. The second-order valence-corrected chi connectivity index (χ2v) is 9.69. The van der Waals surface area contributed by atoms with Crippen LogP contribution in [0.2, 0.25) is 0 Å². The number of halogens is 5. The van der Waals surface area contributed by atoms with Gasteiger partial charge >= 0.3 is 6.36 Å². The minimum Gasteiger partial charge on any atom is -0.405 e. The molecule has 0 spiro atoms. The zero-order chi connectivity index (χ0) is 21.9. The molecular formula is C20H23BrClF3N2O3S. The quantitative estimate of drug-likeness (QED) is 0.482. The van der Waals surface area contributed by atoms with E-state index in [0.29, 0.717) is 11.6 Å². The second-order valence-electron chi connectivity index (χ2n) is 7.15. The Morgan fingerprint density at radius 2 is 1.87 bits per heavy atom. The molecule has 1 heterocycles. The SMILES string of the molecule is CCCN1CC[C@@H](c2ccc(NS(=O)(=O)c3ccc(OC(F)(F)F)c(Br)c3)cc2)C1.Cl. The molecule has 0 radical (unpaired) electrons. The highest BCUT2D eigenvalue weighted by atomic mass is 79.9. The van der Waals surface area contributed by atoms with Crippen molar-refractivity contribution in [2.24, 2.45) is 0 Å². The van der Waals surface area contributed by atoms with E-state index in [0.717, 1.165) is 56.2 Å². The maximum absolute atomic E-state index is 12.6. The van der Waals surface area contributed by atoms with Crippen molar-refractivity contribution in [1.82, 2.24) is 4.90 Å². The third-order valence-electron chi connectivity index (χ3n) is 4.89. The van der Waals surface area contributed by atoms with Gasteiger partial charge < -0.3 is 9.64 Å². The molecule has 0 unspecified atom stereocenters. The number of rotatable bonds is 7. The van der Waals surface area contributed by atoms with E-state index in [1.54, 1.807) is 12.1 Å². The van der Waals surface area contributed by atoms with Crippen LogP contribution < -0.4 is 9.46 Å². The van der Waals surface area contributed by atoms with Gasteiger partial charge in [0, 0.05) is 12.2 Å². The molecule has 1 atom stereocenters. The van der Waals surface area contributed by atoms with Gasteiger partial charge in [-0.1, -0.05) is 19.1 Å². The lowest BCUT2D eigenvalue weighted by molar-refractivity contribution is -0.274. The molecule has 1 aliphatic heterocycles. The van der Waals surface area contributed by atoms with Crippen LogP contribution in [0.4, 0.5) is 18.9 Å². The molecule has 2 aromatic rings. The molecule has 0 amide bonds. The smallest absolute Gasteiger partial charge is 0.405 e. The third-order valence-corrected chi connectivity index (χ3v) is 6.88. The van der Waals surface area contributed by atoms with E-state index >= 15 is 0 Å². The van der Waals surface area contributed by atoms with Crippen molar-refractivity contribution in [2.45, 2.75) is 36.9 Å². The van der Waals surface area contributed by atoms with Crippen LogP contribution in [-0.2, 0) is 10.0 Å². The Labute approximate surface area is 194 Å². The summed E-state index contributed by atoms with van der Waals surface area (Å²) in [6.45, 7) is 5.30. The van der Waals surface area contributed by atoms with Gasteiger partial charge in [0.2, 0.25) is 0 Å². The van der Waals surface area contributed by atoms with Crippen molar-refractivity contribution in [1.29, 1.82) is 0 Å². The molecule has 3 rings (SSSR count). The van der Waals surface area contributed by atoms with Gasteiger partial charge in [-0.25, -0.2) is 8.42 Å². The first-order valence-corrected chi connectivity index (χ1v) is 11.8. The van der Waals surface area contributed by atoms with Crippen molar-refractivity contribution < 1.29 is 26.3 Å². The number of hydrogen-bond donors (Lipinski definition) is 1. The number of anilines is 1. The maximum Gasteiger partial charge on any atom is 0.573 e. The molecule has 1 saturated heterocycles. The molecule has 172 valence electrons. The summed E-state index contributed by atoms with van der Waals surface area (Å²) < 4.78 is 68.5. The van der Waals surface area contributed by atoms with E-state index < -0.39 is 22.1 Å². The number of likely N-dealkylation sites (tertiary alicyclic amines) is 1. The van der Waals surface area contributed by atoms with Gasteiger partial charge in [-0.2, -0.15) is 0 Å². The van der Waals surface area contributed by atoms with Crippen molar-refractivity contribution in [3.8, 4) is 5.75 Å². The van der Waals surface area contributed by atoms with Crippen molar-refractivity contribution >= 4 is 44.0 Å². The topological polar surface area (TPSA) is 58.6 Å². The first-order chi connectivity index (χ1) is 14.1. The normalized spacial score (nSPS) is 17.3. The van der Waals surface area contributed by atoms with Crippen molar-refractivity contribution in [3.63, 3.8) is 0 Å². The van der Waals surface area contributed by atoms with Crippen LogP contribution in [-0.4, -0.2) is 39.3 Å². The van der Waals surface area contributed by atoms with E-state index in [-0.39, 0.29) is 21.8 Å². The van der Waals surface area contributed by atoms with Gasteiger partial charge in [0.1, 0.15) is 5.75 Å². The second kappa shape index (κ2) is 10.4. The highest BCUT2D eigenvalue weighted by molar-refractivity contribution is 9.10. The molecule has 1 N–H and O–H groups in total. The molecule has 0 aliphatic carbocycles. The van der Waals surface area contributed by atoms with Gasteiger partial charge in [-0.05, 0) is 83.7 Å². The Kier molecular flexibility index (Phi) is 8.66. The van der Waals surface area contributed by atoms with Crippen LogP contribution in [0.15, 0.2) is 51.8 Å². The first-order valence-electron chi connectivity index (χ1n) is 9.48. The number of benzene rings is 2. The summed E-state index contributed by atoms with van der Waals surface area (Å²) in [6.07, 6.45) is -2.67. The van der Waals surface area contributed by atoms with Gasteiger partial charge in [-0.3, -0.25) is 4.72 Å². The molecule has 0 aromatic heterocycles. The van der Waals surface area contributed by atoms with Crippen LogP contribution in [0.25, 0.3) is 0 Å². The third kappa shape index (κ3) is 7.00. The maximum atomic E-state index is 12.6. The lowest BCUT2D eigenvalue weighted by Crippen LogP contribution is -2.20. The number of nitrogens with zero attached hydrogens (tertiary/aromatic N) is 1. The molecule has 31 heavy (non-hydrogen) atoms. The summed E-state index contributed by atoms with van der Waals surface area (Å²) in [5.41, 5.74) is 1.54. The summed E-state index contributed by atoms with van der Waals surface area (Å²) in [7, 11) is -3.97. The summed E-state index contributed by atoms with van der Waals surface area (Å²) >= 11 is 2.92. The standard InChI is InChI=1S/C20H22BrF3N2O3S.ClH/c1-2-10-26-11-9-15(13-26)14-3-5-16(6-4-14)25-30(27,28)17-7-8-19(18(21)12-17)29-20(22,23)24;/h3-8,12,15,25H,2,9-11,13H2,1H3;1H/t15-;/m1./s1. The van der Waals surface area contributed by atoms with Gasteiger partial charge in [-0.15, -0.1) is 25.6 Å². The summed E-state index contributed by atoms with van der Waals surface area (Å²) in [4.78, 5) is 2.24. The van der Waals surface area contributed by atoms with Crippen LogP contribution >= 0.6 is 28.3 Å². The lowest BCUT2D eigenvalue weighted by Gasteiger charge is -2.15. The highest BCUT2D eigenvalue weighted by Crippen LogP contribution is 2.33. The Bertz CT molecular complexity index is 988. The average Bonchev–Trinajstić information content (AvgIpc) is 3.11. The largest absolute Gasteiger partial charge is 0.573 e. The zero-order valence-corrected chi connectivity index (χ0v) is 19.9. The lowest BCUT2D eigenvalue weighted by atomic mass is 9.98. The molecule has 1 aliphatic rings. The minimum atomic E-state index is -4.87. The fourth-order valence-corrected chi connectivity index (χ4v) is 5.21. The van der Waals surface area contributed by atoms with E-state index in [4.69, 9.17) is 0 Å². The Balaban J connectivity index is 0.00000341. The molecule has 0 bridgehead atoms. The average molecular weight is 544 g/mol. The van der Waals surface area contributed by atoms with Crippen LogP contribution in [0, 0.1) is 0 Å². The molecule has 5 nitrogen and oxygen atoms in total. The Hall–Kier alpha value is -1.49. The monoisotopic (exact) mass is 542 g/mol. The molecule has 0 saturated carbocycles. The summed E-state index contributed by atoms with van der Waals surface area (Å²) in [6, 6.07) is 10.3. The molecule has 1 fully saturated rings. The fourth-order valence-electron chi connectivity index (χ4n) is 3.52. The first kappa shape index (κ1) is 25.8. The van der Waals surface area contributed by atoms with Crippen LogP contribution in [0.1, 0.15) is 31.2 Å². The zero-order valence-electron chi connectivity index (χ0n) is 16.7. The van der Waals surface area contributed by atoms with Gasteiger partial charge in [0.15, 0.2) is 0 Å². The molecular weight excluding hydrogens is 521 g/mol. The summed E-state index contributed by atoms with van der Waals surface area (Å²) in [5, 5.41) is 0. The van der Waals surface area contributed by atoms with E-state index in [9.17, 15) is 21.6 Å². The van der Waals surface area contributed by atoms with E-state index in [2.05, 4.69) is 37.2 Å². The van der Waals surface area contributed by atoms with Crippen LogP contribution in [0.3, 0.4) is 0 Å².